The number of thiophene rings is 1. The lowest BCUT2D eigenvalue weighted by Gasteiger charge is -2.30. The minimum absolute atomic E-state index is 0.0396. The zero-order chi connectivity index (χ0) is 24.2. The average Bonchev–Trinajstić information content (AvgIpc) is 3.32. The summed E-state index contributed by atoms with van der Waals surface area (Å²) in [7, 11) is -0.119. The Morgan fingerprint density at radius 2 is 1.82 bits per heavy atom. The Morgan fingerprint density at radius 1 is 1.12 bits per heavy atom. The summed E-state index contributed by atoms with van der Waals surface area (Å²) in [6, 6.07) is 13.6. The number of carbonyl (C=O) groups excluding carboxylic acids is 1. The minimum Gasteiger partial charge on any atom is -0.377 e. The number of rotatable bonds is 9. The lowest BCUT2D eigenvalue weighted by atomic mass is 10.1. The monoisotopic (exact) mass is 489 g/mol. The van der Waals surface area contributed by atoms with Gasteiger partial charge < -0.3 is 10.2 Å². The van der Waals surface area contributed by atoms with Crippen LogP contribution in [-0.2, 0) is 16.6 Å². The third-order valence-electron chi connectivity index (χ3n) is 5.39. The molecule has 0 aliphatic carbocycles. The molecule has 6 nitrogen and oxygen atoms in total. The van der Waals surface area contributed by atoms with Crippen LogP contribution in [0.4, 0.5) is 15.8 Å². The van der Waals surface area contributed by atoms with E-state index in [0.717, 1.165) is 23.4 Å². The van der Waals surface area contributed by atoms with Crippen LogP contribution in [-0.4, -0.2) is 38.8 Å². The maximum Gasteiger partial charge on any atom is 0.265 e. The first-order valence-electron chi connectivity index (χ1n) is 10.6. The second-order valence-corrected chi connectivity index (χ2v) is 10.8. The lowest BCUT2D eigenvalue weighted by molar-refractivity contribution is 0.103. The van der Waals surface area contributed by atoms with Gasteiger partial charge in [-0.2, -0.15) is 4.31 Å². The highest BCUT2D eigenvalue weighted by Crippen LogP contribution is 2.29. The molecule has 2 aromatic carbocycles. The Bertz CT molecular complexity index is 1190. The lowest BCUT2D eigenvalue weighted by Crippen LogP contribution is -2.38. The molecule has 0 fully saturated rings. The summed E-state index contributed by atoms with van der Waals surface area (Å²) in [6.45, 7) is 3.87. The maximum atomic E-state index is 13.5. The standard InChI is InChI=1S/C24H28FN3O3S2/c1-5-17(2)28(33(30,31)21-11-8-19(25)9-12-21)16-18-15-20(10-13-22(18)27(3)4)26-24(29)23-7-6-14-32-23/h6-15,17H,5,16H2,1-4H3,(H,26,29). The molecule has 3 rings (SSSR count). The zero-order valence-electron chi connectivity index (χ0n) is 19.1. The minimum atomic E-state index is -3.88. The molecule has 9 heteroatoms. The van der Waals surface area contributed by atoms with Crippen molar-refractivity contribution in [1.82, 2.24) is 4.31 Å². The maximum absolute atomic E-state index is 13.5. The van der Waals surface area contributed by atoms with Crippen LogP contribution in [0.25, 0.3) is 0 Å². The molecule has 1 N–H and O–H groups in total. The van der Waals surface area contributed by atoms with Gasteiger partial charge in [-0.1, -0.05) is 13.0 Å². The summed E-state index contributed by atoms with van der Waals surface area (Å²) < 4.78 is 41.8. The van der Waals surface area contributed by atoms with E-state index < -0.39 is 15.8 Å². The van der Waals surface area contributed by atoms with Crippen molar-refractivity contribution < 1.29 is 17.6 Å². The number of halogens is 1. The highest BCUT2D eigenvalue weighted by molar-refractivity contribution is 7.89. The number of benzene rings is 2. The first-order chi connectivity index (χ1) is 15.6. The van der Waals surface area contributed by atoms with E-state index in [9.17, 15) is 17.6 Å². The molecule has 0 aliphatic rings. The van der Waals surface area contributed by atoms with Crippen LogP contribution in [0.1, 0.15) is 35.5 Å². The Kier molecular flexibility index (Phi) is 7.88. The predicted octanol–water partition coefficient (Wildman–Crippen LogP) is 5.19. The number of nitrogens with one attached hydrogen (secondary N) is 1. The molecule has 0 saturated heterocycles. The molecule has 0 aliphatic heterocycles. The number of amides is 1. The van der Waals surface area contributed by atoms with Crippen molar-refractivity contribution >= 4 is 38.6 Å². The van der Waals surface area contributed by atoms with Gasteiger partial charge >= 0.3 is 0 Å². The largest absolute Gasteiger partial charge is 0.377 e. The van der Waals surface area contributed by atoms with Crippen LogP contribution in [0.2, 0.25) is 0 Å². The second kappa shape index (κ2) is 10.5. The molecule has 0 saturated carbocycles. The van der Waals surface area contributed by atoms with Gasteiger partial charge in [0.05, 0.1) is 9.77 Å². The number of anilines is 2. The number of hydrogen-bond acceptors (Lipinski definition) is 5. The fourth-order valence-corrected chi connectivity index (χ4v) is 5.72. The Morgan fingerprint density at radius 3 is 2.39 bits per heavy atom. The van der Waals surface area contributed by atoms with Gasteiger partial charge in [-0.25, -0.2) is 12.8 Å². The first-order valence-corrected chi connectivity index (χ1v) is 12.9. The fourth-order valence-electron chi connectivity index (χ4n) is 3.42. The third kappa shape index (κ3) is 5.79. The molecule has 1 atom stereocenters. The number of hydrogen-bond donors (Lipinski definition) is 1. The summed E-state index contributed by atoms with van der Waals surface area (Å²) in [5.74, 6) is -0.709. The molecular formula is C24H28FN3O3S2. The van der Waals surface area contributed by atoms with Gasteiger partial charge in [-0.15, -0.1) is 11.3 Å². The van der Waals surface area contributed by atoms with Crippen LogP contribution < -0.4 is 10.2 Å². The molecular weight excluding hydrogens is 461 g/mol. The molecule has 0 radical (unpaired) electrons. The van der Waals surface area contributed by atoms with Gasteiger partial charge in [-0.3, -0.25) is 4.79 Å². The first kappa shape index (κ1) is 24.9. The molecule has 0 spiro atoms. The van der Waals surface area contributed by atoms with E-state index in [0.29, 0.717) is 17.0 Å². The molecule has 1 heterocycles. The normalized spacial score (nSPS) is 12.5. The van der Waals surface area contributed by atoms with Crippen molar-refractivity contribution in [3.8, 4) is 0 Å². The van der Waals surface area contributed by atoms with Crippen LogP contribution in [0.15, 0.2) is 64.9 Å². The molecule has 1 aromatic heterocycles. The van der Waals surface area contributed by atoms with Crippen molar-refractivity contribution in [3.63, 3.8) is 0 Å². The van der Waals surface area contributed by atoms with Crippen molar-refractivity contribution in [1.29, 1.82) is 0 Å². The van der Waals surface area contributed by atoms with Crippen molar-refractivity contribution in [2.75, 3.05) is 24.3 Å². The Balaban J connectivity index is 1.98. The van der Waals surface area contributed by atoms with E-state index in [4.69, 9.17) is 0 Å². The Hall–Kier alpha value is -2.75. The van der Waals surface area contributed by atoms with E-state index in [-0.39, 0.29) is 23.4 Å². The van der Waals surface area contributed by atoms with E-state index in [1.807, 2.05) is 50.4 Å². The highest BCUT2D eigenvalue weighted by atomic mass is 32.2. The number of sulfonamides is 1. The van der Waals surface area contributed by atoms with Gasteiger partial charge in [0.15, 0.2) is 0 Å². The molecule has 1 unspecified atom stereocenters. The average molecular weight is 490 g/mol. The molecule has 1 amide bonds. The molecule has 0 bridgehead atoms. The van der Waals surface area contributed by atoms with Crippen LogP contribution in [0, 0.1) is 5.82 Å². The van der Waals surface area contributed by atoms with E-state index >= 15 is 0 Å². The smallest absolute Gasteiger partial charge is 0.265 e. The molecule has 33 heavy (non-hydrogen) atoms. The van der Waals surface area contributed by atoms with Gasteiger partial charge in [0, 0.05) is 38.1 Å². The van der Waals surface area contributed by atoms with Gasteiger partial charge in [0.25, 0.3) is 5.91 Å². The van der Waals surface area contributed by atoms with Gasteiger partial charge in [0.2, 0.25) is 10.0 Å². The Labute approximate surface area is 198 Å². The quantitative estimate of drug-likeness (QED) is 0.449. The third-order valence-corrected chi connectivity index (χ3v) is 8.24. The van der Waals surface area contributed by atoms with Crippen LogP contribution in [0.3, 0.4) is 0 Å². The van der Waals surface area contributed by atoms with E-state index in [1.165, 1.54) is 27.8 Å². The topological polar surface area (TPSA) is 69.7 Å². The number of nitrogens with zero attached hydrogens (tertiary/aromatic N) is 2. The fraction of sp³-hybridized carbons (Fsp3) is 0.292. The van der Waals surface area contributed by atoms with Gasteiger partial charge in [-0.05, 0) is 72.8 Å². The highest BCUT2D eigenvalue weighted by Gasteiger charge is 2.29. The summed E-state index contributed by atoms with van der Waals surface area (Å²) in [4.78, 5) is 15.0. The van der Waals surface area contributed by atoms with Gasteiger partial charge in [0.1, 0.15) is 5.82 Å². The second-order valence-electron chi connectivity index (χ2n) is 7.93. The van der Waals surface area contributed by atoms with Crippen molar-refractivity contribution in [3.05, 3.63) is 76.2 Å². The van der Waals surface area contributed by atoms with Crippen LogP contribution >= 0.6 is 11.3 Å². The van der Waals surface area contributed by atoms with Crippen LogP contribution in [0.5, 0.6) is 0 Å². The summed E-state index contributed by atoms with van der Waals surface area (Å²) in [5, 5.41) is 4.72. The summed E-state index contributed by atoms with van der Waals surface area (Å²) in [6.07, 6.45) is 0.604. The number of carbonyl (C=O) groups is 1. The van der Waals surface area contributed by atoms with Crippen molar-refractivity contribution in [2.24, 2.45) is 0 Å². The molecule has 176 valence electrons. The predicted molar refractivity (Wildman–Crippen MR) is 132 cm³/mol. The summed E-state index contributed by atoms with van der Waals surface area (Å²) in [5.41, 5.74) is 2.17. The molecule has 3 aromatic rings. The zero-order valence-corrected chi connectivity index (χ0v) is 20.7. The summed E-state index contributed by atoms with van der Waals surface area (Å²) >= 11 is 1.35. The van der Waals surface area contributed by atoms with E-state index in [1.54, 1.807) is 18.2 Å². The van der Waals surface area contributed by atoms with E-state index in [2.05, 4.69) is 5.32 Å². The van der Waals surface area contributed by atoms with Crippen molar-refractivity contribution in [2.45, 2.75) is 37.8 Å². The SMILES string of the molecule is CCC(C)N(Cc1cc(NC(=O)c2cccs2)ccc1N(C)C)S(=O)(=O)c1ccc(F)cc1.